The molecule has 0 aromatic heterocycles. The third-order valence-electron chi connectivity index (χ3n) is 4.67. The minimum atomic E-state index is -0.776. The van der Waals surface area contributed by atoms with Crippen LogP contribution in [0.4, 0.5) is 0 Å². The van der Waals surface area contributed by atoms with Gasteiger partial charge in [-0.2, -0.15) is 0 Å². The lowest BCUT2D eigenvalue weighted by Crippen LogP contribution is -2.55. The summed E-state index contributed by atoms with van der Waals surface area (Å²) in [6.07, 6.45) is 0.838. The molecule has 1 aromatic carbocycles. The molecule has 3 atom stereocenters. The van der Waals surface area contributed by atoms with Gasteiger partial charge in [-0.15, -0.1) is 0 Å². The van der Waals surface area contributed by atoms with E-state index in [1.807, 2.05) is 30.3 Å². The molecular formula is C18H18INO5. The highest BCUT2D eigenvalue weighted by Crippen LogP contribution is 2.40. The molecule has 0 bridgehead atoms. The summed E-state index contributed by atoms with van der Waals surface area (Å²) < 4.78 is 17.9. The van der Waals surface area contributed by atoms with Crippen molar-refractivity contribution in [1.29, 1.82) is 0 Å². The predicted molar refractivity (Wildman–Crippen MR) is 96.6 cm³/mol. The van der Waals surface area contributed by atoms with Crippen molar-refractivity contribution in [1.82, 2.24) is 4.90 Å². The van der Waals surface area contributed by atoms with E-state index in [1.54, 1.807) is 0 Å². The molecule has 1 amide bonds. The average molecular weight is 455 g/mol. The Morgan fingerprint density at radius 1 is 1.28 bits per heavy atom. The highest BCUT2D eigenvalue weighted by molar-refractivity contribution is 14.1. The maximum Gasteiger partial charge on any atom is 0.337 e. The number of hydrogen-bond donors (Lipinski definition) is 0. The Balaban J connectivity index is 1.53. The van der Waals surface area contributed by atoms with E-state index in [0.29, 0.717) is 18.8 Å². The number of amides is 1. The van der Waals surface area contributed by atoms with E-state index in [-0.39, 0.29) is 24.8 Å². The fourth-order valence-corrected chi connectivity index (χ4v) is 3.90. The fraction of sp³-hybridized carbons (Fsp3) is 0.444. The molecule has 0 aliphatic carbocycles. The van der Waals surface area contributed by atoms with E-state index in [4.69, 9.17) is 14.2 Å². The summed E-state index contributed by atoms with van der Waals surface area (Å²) in [7, 11) is 0. The molecule has 3 aliphatic rings. The molecule has 6 nitrogen and oxygen atoms in total. The van der Waals surface area contributed by atoms with Crippen molar-refractivity contribution in [2.45, 2.75) is 37.8 Å². The third-order valence-corrected chi connectivity index (χ3v) is 5.65. The van der Waals surface area contributed by atoms with Crippen molar-refractivity contribution in [2.75, 3.05) is 11.0 Å². The van der Waals surface area contributed by atoms with Crippen molar-refractivity contribution in [2.24, 2.45) is 0 Å². The Bertz CT molecular complexity index is 719. The van der Waals surface area contributed by atoms with Crippen molar-refractivity contribution >= 4 is 34.5 Å². The highest BCUT2D eigenvalue weighted by Gasteiger charge is 2.55. The van der Waals surface area contributed by atoms with Gasteiger partial charge < -0.3 is 14.2 Å². The summed E-state index contributed by atoms with van der Waals surface area (Å²) in [5, 5.41) is 0. The largest absolute Gasteiger partial charge is 0.471 e. The summed E-state index contributed by atoms with van der Waals surface area (Å²) >= 11 is 2.28. The normalized spacial score (nSPS) is 30.7. The molecule has 3 saturated heterocycles. The molecule has 2 unspecified atom stereocenters. The number of benzene rings is 1. The third kappa shape index (κ3) is 3.15. The number of esters is 1. The van der Waals surface area contributed by atoms with Crippen LogP contribution < -0.4 is 0 Å². The number of carbonyl (C=O) groups excluding carboxylic acids is 2. The second-order valence-electron chi connectivity index (χ2n) is 6.33. The number of rotatable bonds is 4. The molecule has 4 rings (SSSR count). The fourth-order valence-electron chi connectivity index (χ4n) is 3.33. The molecule has 3 heterocycles. The first-order valence-electron chi connectivity index (χ1n) is 8.25. The zero-order chi connectivity index (χ0) is 17.4. The molecule has 25 heavy (non-hydrogen) atoms. The SMILES string of the molecule is O=C(OCc1ccccc1)C1C(=C2COC(CI)C2)O[C@@H]2CC(=O)N12. The predicted octanol–water partition coefficient (Wildman–Crippen LogP) is 2.17. The van der Waals surface area contributed by atoms with Crippen molar-refractivity contribution < 1.29 is 23.8 Å². The Morgan fingerprint density at radius 3 is 2.76 bits per heavy atom. The second-order valence-corrected chi connectivity index (χ2v) is 7.21. The first-order chi connectivity index (χ1) is 12.2. The lowest BCUT2D eigenvalue weighted by atomic mass is 10.0. The standard InChI is InChI=1S/C18H18INO5/c19-8-13-6-12(10-23-13)17-16(20-14(21)7-15(20)25-17)18(22)24-9-11-4-2-1-3-5-11/h1-5,13,15-16H,6-10H2/t13?,15-,16?/m1/s1. The Kier molecular flexibility index (Phi) is 4.68. The second kappa shape index (κ2) is 6.95. The van der Waals surface area contributed by atoms with Crippen LogP contribution in [-0.2, 0) is 30.4 Å². The number of fused-ring (bicyclic) bond motifs is 1. The highest BCUT2D eigenvalue weighted by atomic mass is 127. The summed E-state index contributed by atoms with van der Waals surface area (Å²) in [5.41, 5.74) is 1.87. The van der Waals surface area contributed by atoms with Gasteiger partial charge in [0.05, 0.1) is 19.1 Å². The van der Waals surface area contributed by atoms with Gasteiger partial charge in [0.1, 0.15) is 12.4 Å². The monoisotopic (exact) mass is 455 g/mol. The van der Waals surface area contributed by atoms with Crippen LogP contribution in [-0.4, -0.2) is 46.2 Å². The number of carbonyl (C=O) groups is 2. The van der Waals surface area contributed by atoms with E-state index in [0.717, 1.165) is 22.0 Å². The molecule has 0 saturated carbocycles. The summed E-state index contributed by atoms with van der Waals surface area (Å²) in [4.78, 5) is 26.2. The zero-order valence-corrected chi connectivity index (χ0v) is 15.7. The van der Waals surface area contributed by atoms with Crippen LogP contribution in [0.25, 0.3) is 0 Å². The van der Waals surface area contributed by atoms with Gasteiger partial charge in [0.2, 0.25) is 5.91 Å². The molecule has 3 fully saturated rings. The van der Waals surface area contributed by atoms with Crippen LogP contribution in [0.2, 0.25) is 0 Å². The van der Waals surface area contributed by atoms with E-state index in [1.165, 1.54) is 4.90 Å². The van der Waals surface area contributed by atoms with E-state index in [2.05, 4.69) is 22.6 Å². The smallest absolute Gasteiger partial charge is 0.337 e. The quantitative estimate of drug-likeness (QED) is 0.302. The first-order valence-corrected chi connectivity index (χ1v) is 9.78. The molecule has 132 valence electrons. The van der Waals surface area contributed by atoms with Gasteiger partial charge in [-0.25, -0.2) is 4.79 Å². The van der Waals surface area contributed by atoms with E-state index < -0.39 is 12.0 Å². The molecule has 0 radical (unpaired) electrons. The van der Waals surface area contributed by atoms with Crippen molar-refractivity contribution in [3.63, 3.8) is 0 Å². The van der Waals surface area contributed by atoms with Crippen LogP contribution >= 0.6 is 22.6 Å². The number of hydrogen-bond acceptors (Lipinski definition) is 5. The molecule has 7 heteroatoms. The minimum Gasteiger partial charge on any atom is -0.471 e. The van der Waals surface area contributed by atoms with Gasteiger partial charge in [0.25, 0.3) is 0 Å². The van der Waals surface area contributed by atoms with Gasteiger partial charge in [0.15, 0.2) is 12.3 Å². The van der Waals surface area contributed by atoms with Crippen LogP contribution in [0.5, 0.6) is 0 Å². The number of halogens is 1. The number of ether oxygens (including phenoxy) is 3. The number of alkyl halides is 1. The summed E-state index contributed by atoms with van der Waals surface area (Å²) in [5.74, 6) is 0.0349. The van der Waals surface area contributed by atoms with Gasteiger partial charge in [-0.3, -0.25) is 9.69 Å². The molecule has 0 N–H and O–H groups in total. The van der Waals surface area contributed by atoms with Crippen molar-refractivity contribution in [3.8, 4) is 0 Å². The van der Waals surface area contributed by atoms with E-state index >= 15 is 0 Å². The topological polar surface area (TPSA) is 65.1 Å². The van der Waals surface area contributed by atoms with Crippen LogP contribution in [0.3, 0.4) is 0 Å². The average Bonchev–Trinajstić information content (AvgIpc) is 3.22. The lowest BCUT2D eigenvalue weighted by molar-refractivity contribution is -0.166. The Labute approximate surface area is 159 Å². The Morgan fingerprint density at radius 2 is 2.08 bits per heavy atom. The molecule has 3 aliphatic heterocycles. The minimum absolute atomic E-state index is 0.0772. The Hall–Kier alpha value is -1.61. The van der Waals surface area contributed by atoms with Crippen LogP contribution in [0.15, 0.2) is 41.7 Å². The molecule has 0 spiro atoms. The van der Waals surface area contributed by atoms with Gasteiger partial charge >= 0.3 is 5.97 Å². The summed E-state index contributed by atoms with van der Waals surface area (Å²) in [6.45, 7) is 0.624. The molecular weight excluding hydrogens is 437 g/mol. The lowest BCUT2D eigenvalue weighted by Gasteiger charge is -2.33. The van der Waals surface area contributed by atoms with Gasteiger partial charge in [0, 0.05) is 10.8 Å². The van der Waals surface area contributed by atoms with E-state index in [9.17, 15) is 9.59 Å². The van der Waals surface area contributed by atoms with Crippen LogP contribution in [0.1, 0.15) is 18.4 Å². The van der Waals surface area contributed by atoms with Gasteiger partial charge in [-0.05, 0) is 11.1 Å². The van der Waals surface area contributed by atoms with Gasteiger partial charge in [-0.1, -0.05) is 52.9 Å². The zero-order valence-electron chi connectivity index (χ0n) is 13.5. The maximum atomic E-state index is 12.7. The maximum absolute atomic E-state index is 12.7. The number of nitrogens with zero attached hydrogens (tertiary/aromatic N) is 1. The number of β-lactam (4-membered cyclic amide) rings is 1. The van der Waals surface area contributed by atoms with Crippen LogP contribution in [0, 0.1) is 0 Å². The first kappa shape index (κ1) is 16.8. The molecule has 1 aromatic rings. The summed E-state index contributed by atoms with van der Waals surface area (Å²) in [6, 6.07) is 8.71. The van der Waals surface area contributed by atoms with Crippen molar-refractivity contribution in [3.05, 3.63) is 47.2 Å².